The first-order valence-corrected chi connectivity index (χ1v) is 13.1. The Morgan fingerprint density at radius 3 is 2.26 bits per heavy atom. The molecule has 0 unspecified atom stereocenters. The van der Waals surface area contributed by atoms with E-state index in [1.54, 1.807) is 48.6 Å². The van der Waals surface area contributed by atoms with Crippen LogP contribution in [0.1, 0.15) is 66.4 Å². The smallest absolute Gasteiger partial charge is 0.330 e. The van der Waals surface area contributed by atoms with Crippen molar-refractivity contribution in [3.05, 3.63) is 100 Å². The monoisotopic (exact) mass is 530 g/mol. The molecule has 39 heavy (non-hydrogen) atoms. The number of aliphatic hydroxyl groups is 1. The average molecular weight is 531 g/mol. The molecule has 2 N–H and O–H groups in total. The van der Waals surface area contributed by atoms with E-state index in [1.807, 2.05) is 40.7 Å². The number of benzene rings is 1. The lowest BCUT2D eigenvalue weighted by Crippen LogP contribution is -2.47. The molecule has 1 aromatic carbocycles. The molecule has 1 heterocycles. The van der Waals surface area contributed by atoms with E-state index in [4.69, 9.17) is 4.74 Å². The van der Waals surface area contributed by atoms with Crippen LogP contribution in [0.15, 0.2) is 94.8 Å². The quantitative estimate of drug-likeness (QED) is 0.153. The third kappa shape index (κ3) is 6.22. The minimum absolute atomic E-state index is 0.199. The number of aliphatic hydroxyl groups excluding tert-OH is 1. The fourth-order valence-electron chi connectivity index (χ4n) is 4.90. The van der Waals surface area contributed by atoms with Gasteiger partial charge in [-0.15, -0.1) is 0 Å². The van der Waals surface area contributed by atoms with Gasteiger partial charge in [-0.1, -0.05) is 60.2 Å². The van der Waals surface area contributed by atoms with Crippen LogP contribution in [0.25, 0.3) is 5.76 Å². The van der Waals surface area contributed by atoms with Crippen molar-refractivity contribution in [1.29, 1.82) is 0 Å². The van der Waals surface area contributed by atoms with Crippen LogP contribution in [0.2, 0.25) is 0 Å². The Morgan fingerprint density at radius 2 is 1.69 bits per heavy atom. The lowest BCUT2D eigenvalue weighted by molar-refractivity contribution is -0.133. The van der Waals surface area contributed by atoms with Gasteiger partial charge in [0.2, 0.25) is 5.78 Å². The van der Waals surface area contributed by atoms with E-state index in [9.17, 15) is 24.6 Å². The number of carboxylic acids is 1. The molecule has 6 nitrogen and oxygen atoms in total. The van der Waals surface area contributed by atoms with Crippen molar-refractivity contribution in [2.45, 2.75) is 66.4 Å². The van der Waals surface area contributed by atoms with Gasteiger partial charge in [-0.25, -0.2) is 4.79 Å². The number of hydrogen-bond donors (Lipinski definition) is 2. The van der Waals surface area contributed by atoms with Crippen LogP contribution < -0.4 is 0 Å². The number of carboxylic acid groups (broad SMARTS) is 1. The van der Waals surface area contributed by atoms with Gasteiger partial charge in [0.05, 0.1) is 11.0 Å². The fraction of sp³-hybridized carbons (Fsp3) is 0.364. The van der Waals surface area contributed by atoms with Crippen molar-refractivity contribution in [2.24, 2.45) is 11.3 Å². The van der Waals surface area contributed by atoms with Crippen molar-refractivity contribution < 1.29 is 29.3 Å². The number of carbonyl (C=O) groups excluding carboxylic acids is 2. The highest BCUT2D eigenvalue weighted by Crippen LogP contribution is 2.52. The summed E-state index contributed by atoms with van der Waals surface area (Å²) in [5, 5.41) is 20.7. The molecule has 0 amide bonds. The first-order valence-electron chi connectivity index (χ1n) is 13.1. The maximum Gasteiger partial charge on any atom is 0.330 e. The molecule has 0 spiro atoms. The summed E-state index contributed by atoms with van der Waals surface area (Å²) in [6, 6.07) is 8.54. The number of Topliss-reactive ketones (excluding diaryl/α,β-unsaturated/α-hetero) is 2. The van der Waals surface area contributed by atoms with Gasteiger partial charge in [0.15, 0.2) is 5.78 Å². The molecule has 1 aromatic rings. The highest BCUT2D eigenvalue weighted by molar-refractivity contribution is 6.34. The molecule has 0 radical (unpaired) electrons. The third-order valence-corrected chi connectivity index (χ3v) is 7.31. The molecular formula is C33H38O6. The van der Waals surface area contributed by atoms with Gasteiger partial charge in [-0.05, 0) is 78.9 Å². The van der Waals surface area contributed by atoms with Crippen LogP contribution in [0.5, 0.6) is 0 Å². The maximum atomic E-state index is 14.6. The molecular weight excluding hydrogens is 492 g/mol. The highest BCUT2D eigenvalue weighted by atomic mass is 16.5. The number of rotatable bonds is 9. The summed E-state index contributed by atoms with van der Waals surface area (Å²) in [6.07, 6.45) is 7.84. The summed E-state index contributed by atoms with van der Waals surface area (Å²) in [4.78, 5) is 39.9. The van der Waals surface area contributed by atoms with Crippen molar-refractivity contribution in [1.82, 2.24) is 0 Å². The van der Waals surface area contributed by atoms with Gasteiger partial charge in [-0.2, -0.15) is 0 Å². The minimum atomic E-state index is -1.32. The molecule has 0 saturated carbocycles. The first-order chi connectivity index (χ1) is 18.2. The van der Waals surface area contributed by atoms with E-state index in [0.29, 0.717) is 12.0 Å². The van der Waals surface area contributed by atoms with E-state index in [1.165, 1.54) is 6.92 Å². The Morgan fingerprint density at radius 1 is 1.05 bits per heavy atom. The van der Waals surface area contributed by atoms with Gasteiger partial charge < -0.3 is 14.9 Å². The predicted molar refractivity (Wildman–Crippen MR) is 153 cm³/mol. The Bertz CT molecular complexity index is 1350. The number of aliphatic carboxylic acids is 1. The molecule has 1 aliphatic carbocycles. The second-order valence-corrected chi connectivity index (χ2v) is 11.3. The molecule has 6 heteroatoms. The molecule has 3 rings (SSSR count). The van der Waals surface area contributed by atoms with E-state index < -0.39 is 28.6 Å². The Kier molecular flexibility index (Phi) is 8.69. The zero-order valence-corrected chi connectivity index (χ0v) is 23.6. The molecule has 1 aliphatic heterocycles. The number of ether oxygens (including phenoxy) is 1. The van der Waals surface area contributed by atoms with Crippen LogP contribution in [0, 0.1) is 11.3 Å². The molecule has 2 aliphatic rings. The zero-order valence-electron chi connectivity index (χ0n) is 23.6. The molecule has 2 atom stereocenters. The van der Waals surface area contributed by atoms with Crippen LogP contribution >= 0.6 is 0 Å². The summed E-state index contributed by atoms with van der Waals surface area (Å²) in [5.41, 5.74) is 0.205. The van der Waals surface area contributed by atoms with Gasteiger partial charge in [-0.3, -0.25) is 9.59 Å². The van der Waals surface area contributed by atoms with E-state index >= 15 is 0 Å². The van der Waals surface area contributed by atoms with Crippen LogP contribution in [-0.2, 0) is 19.1 Å². The van der Waals surface area contributed by atoms with Crippen LogP contribution in [-0.4, -0.2) is 33.3 Å². The van der Waals surface area contributed by atoms with Crippen molar-refractivity contribution in [3.8, 4) is 0 Å². The second kappa shape index (κ2) is 11.4. The number of ketones is 2. The van der Waals surface area contributed by atoms with Crippen molar-refractivity contribution >= 4 is 23.3 Å². The summed E-state index contributed by atoms with van der Waals surface area (Å²) in [5.74, 6) is -2.48. The number of hydrogen-bond acceptors (Lipinski definition) is 5. The van der Waals surface area contributed by atoms with E-state index in [-0.39, 0.29) is 47.0 Å². The molecule has 0 saturated heterocycles. The normalized spacial score (nSPS) is 22.6. The second-order valence-electron chi connectivity index (χ2n) is 11.3. The van der Waals surface area contributed by atoms with Crippen molar-refractivity contribution in [2.75, 3.05) is 0 Å². The largest absolute Gasteiger partial charge is 0.506 e. The van der Waals surface area contributed by atoms with Crippen molar-refractivity contribution in [3.63, 3.8) is 0 Å². The standard InChI is InChI=1S/C33H38O6/c1-20(2)15-18-33(19-24(21(3)4)14-13-22(5)31(37)38)29(36)26(27(34)23-11-9-8-10-12-23)28(35)25-16-17-32(6,7)39-30(25)33/h8-13,15-17,24,34H,3,14,18-19H2,1-2,4-7H3,(H,37,38)/b22-13+,27-26?/t24-,33+/m1/s1. The van der Waals surface area contributed by atoms with Crippen LogP contribution in [0.4, 0.5) is 0 Å². The SMILES string of the molecule is C=C(C)[C@H](C/C=C(\C)C(=O)O)C[C@@]1(CC=C(C)C)C(=O)C(=C(O)c2ccccc2)C(=O)C2=C1OC(C)(C)C=C2. The number of allylic oxidation sites excluding steroid dienone is 8. The van der Waals surface area contributed by atoms with Gasteiger partial charge in [0, 0.05) is 11.1 Å². The Labute approximate surface area is 230 Å². The predicted octanol–water partition coefficient (Wildman–Crippen LogP) is 7.07. The summed E-state index contributed by atoms with van der Waals surface area (Å²) in [6.45, 7) is 15.1. The lowest BCUT2D eigenvalue weighted by Gasteiger charge is -2.44. The summed E-state index contributed by atoms with van der Waals surface area (Å²) < 4.78 is 6.42. The molecule has 0 aromatic heterocycles. The van der Waals surface area contributed by atoms with E-state index in [2.05, 4.69) is 6.58 Å². The average Bonchev–Trinajstić information content (AvgIpc) is 2.87. The van der Waals surface area contributed by atoms with E-state index in [0.717, 1.165) is 11.1 Å². The molecule has 0 bridgehead atoms. The summed E-state index contributed by atoms with van der Waals surface area (Å²) in [7, 11) is 0. The minimum Gasteiger partial charge on any atom is -0.506 e. The fourth-order valence-corrected chi connectivity index (χ4v) is 4.90. The van der Waals surface area contributed by atoms with Gasteiger partial charge in [0.25, 0.3) is 0 Å². The molecule has 0 fully saturated rings. The van der Waals surface area contributed by atoms with Gasteiger partial charge >= 0.3 is 5.97 Å². The number of carbonyl (C=O) groups is 3. The summed E-state index contributed by atoms with van der Waals surface area (Å²) >= 11 is 0. The van der Waals surface area contributed by atoms with Crippen LogP contribution in [0.3, 0.4) is 0 Å². The Hall–Kier alpha value is -3.93. The lowest BCUT2D eigenvalue weighted by atomic mass is 9.62. The highest BCUT2D eigenvalue weighted by Gasteiger charge is 2.55. The first kappa shape index (κ1) is 29.6. The topological polar surface area (TPSA) is 101 Å². The third-order valence-electron chi connectivity index (χ3n) is 7.31. The Balaban J connectivity index is 2.33. The maximum absolute atomic E-state index is 14.6. The molecule has 206 valence electrons. The van der Waals surface area contributed by atoms with Gasteiger partial charge in [0.1, 0.15) is 22.7 Å². The zero-order chi connectivity index (χ0) is 29.1.